The molecule has 1 saturated heterocycles. The van der Waals surface area contributed by atoms with E-state index in [0.717, 1.165) is 0 Å². The van der Waals surface area contributed by atoms with Crippen LogP contribution in [-0.2, 0) is 19.4 Å². The Kier molecular flexibility index (Phi) is 6.23. The predicted molar refractivity (Wildman–Crippen MR) is 84.0 cm³/mol. The molecule has 5 nitrogen and oxygen atoms in total. The van der Waals surface area contributed by atoms with Crippen LogP contribution in [0.1, 0.15) is 53.9 Å². The average Bonchev–Trinajstić information content (AvgIpc) is 2.39. The maximum Gasteiger partial charge on any atom is 0.237 e. The molecule has 0 aliphatic carbocycles. The summed E-state index contributed by atoms with van der Waals surface area (Å²) >= 11 is 0. The minimum absolute atomic E-state index is 0.0475. The van der Waals surface area contributed by atoms with Crippen molar-refractivity contribution in [3.05, 3.63) is 0 Å². The molecule has 1 amide bonds. The molecule has 1 fully saturated rings. The number of carbonyl (C=O) groups excluding carboxylic acids is 1. The SMILES string of the molecule is CCC(CC)(CC)S(=O)(=O)CC(=O)N1C[C@@H](C)O[C@H](C)C1. The lowest BCUT2D eigenvalue weighted by Crippen LogP contribution is -2.51. The molecule has 0 bridgehead atoms. The summed E-state index contributed by atoms with van der Waals surface area (Å²) in [5, 5.41) is 0. The van der Waals surface area contributed by atoms with Crippen LogP contribution in [0.25, 0.3) is 0 Å². The fraction of sp³-hybridized carbons (Fsp3) is 0.933. The van der Waals surface area contributed by atoms with E-state index in [4.69, 9.17) is 4.74 Å². The molecule has 1 heterocycles. The first-order valence-electron chi connectivity index (χ1n) is 7.86. The second kappa shape index (κ2) is 7.09. The van der Waals surface area contributed by atoms with Crippen LogP contribution >= 0.6 is 0 Å². The maximum absolute atomic E-state index is 12.7. The fourth-order valence-electron chi connectivity index (χ4n) is 3.20. The number of ether oxygens (including phenoxy) is 1. The van der Waals surface area contributed by atoms with Gasteiger partial charge in [-0.3, -0.25) is 4.79 Å². The van der Waals surface area contributed by atoms with Gasteiger partial charge in [-0.1, -0.05) is 20.8 Å². The standard InChI is InChI=1S/C15H29NO4S/c1-6-15(7-2,8-3)21(18,19)11-14(17)16-9-12(4)20-13(5)10-16/h12-13H,6-11H2,1-5H3/t12-,13-/m1/s1. The van der Waals surface area contributed by atoms with E-state index in [0.29, 0.717) is 32.4 Å². The Hall–Kier alpha value is -0.620. The van der Waals surface area contributed by atoms with Gasteiger partial charge >= 0.3 is 0 Å². The molecule has 1 rings (SSSR count). The monoisotopic (exact) mass is 319 g/mol. The van der Waals surface area contributed by atoms with Gasteiger partial charge in [-0.05, 0) is 33.1 Å². The molecule has 1 aliphatic rings. The van der Waals surface area contributed by atoms with Crippen LogP contribution in [0.3, 0.4) is 0 Å². The van der Waals surface area contributed by atoms with Crippen molar-refractivity contribution in [3.63, 3.8) is 0 Å². The molecule has 0 radical (unpaired) electrons. The number of hydrogen-bond donors (Lipinski definition) is 0. The molecule has 0 unspecified atom stereocenters. The quantitative estimate of drug-likeness (QED) is 0.751. The first-order chi connectivity index (χ1) is 9.71. The fourth-order valence-corrected chi connectivity index (χ4v) is 5.33. The normalized spacial score (nSPS) is 24.1. The molecular weight excluding hydrogens is 290 g/mol. The minimum atomic E-state index is -3.45. The Morgan fingerprint density at radius 2 is 1.52 bits per heavy atom. The Morgan fingerprint density at radius 1 is 1.10 bits per heavy atom. The average molecular weight is 319 g/mol. The summed E-state index contributed by atoms with van der Waals surface area (Å²) in [5.41, 5.74) is 0. The van der Waals surface area contributed by atoms with Crippen molar-refractivity contribution in [2.75, 3.05) is 18.8 Å². The summed E-state index contributed by atoms with van der Waals surface area (Å²) in [7, 11) is -3.45. The highest BCUT2D eigenvalue weighted by Gasteiger charge is 2.41. The van der Waals surface area contributed by atoms with Gasteiger partial charge in [0.05, 0.1) is 17.0 Å². The largest absolute Gasteiger partial charge is 0.372 e. The number of morpholine rings is 1. The van der Waals surface area contributed by atoms with Crippen molar-refractivity contribution in [1.82, 2.24) is 4.90 Å². The van der Waals surface area contributed by atoms with Crippen molar-refractivity contribution in [3.8, 4) is 0 Å². The molecule has 21 heavy (non-hydrogen) atoms. The molecule has 6 heteroatoms. The van der Waals surface area contributed by atoms with Gasteiger partial charge in [0.25, 0.3) is 0 Å². The molecular formula is C15H29NO4S. The molecule has 0 aromatic rings. The summed E-state index contributed by atoms with van der Waals surface area (Å²) in [6, 6.07) is 0. The van der Waals surface area contributed by atoms with Crippen molar-refractivity contribution in [2.45, 2.75) is 70.8 Å². The number of sulfone groups is 1. The lowest BCUT2D eigenvalue weighted by Gasteiger charge is -2.36. The van der Waals surface area contributed by atoms with E-state index in [1.165, 1.54) is 0 Å². The van der Waals surface area contributed by atoms with Crippen molar-refractivity contribution in [1.29, 1.82) is 0 Å². The Balaban J connectivity index is 2.86. The number of amides is 1. The molecule has 0 aromatic carbocycles. The lowest BCUT2D eigenvalue weighted by molar-refractivity contribution is -0.140. The smallest absolute Gasteiger partial charge is 0.237 e. The maximum atomic E-state index is 12.7. The summed E-state index contributed by atoms with van der Waals surface area (Å²) < 4.78 is 30.2. The zero-order valence-corrected chi connectivity index (χ0v) is 14.7. The van der Waals surface area contributed by atoms with Gasteiger partial charge < -0.3 is 9.64 Å². The van der Waals surface area contributed by atoms with Crippen LogP contribution in [0.15, 0.2) is 0 Å². The van der Waals surface area contributed by atoms with E-state index in [-0.39, 0.29) is 23.9 Å². The highest BCUT2D eigenvalue weighted by Crippen LogP contribution is 2.30. The molecule has 1 aliphatic heterocycles. The number of hydrogen-bond acceptors (Lipinski definition) is 4. The first kappa shape index (κ1) is 18.4. The van der Waals surface area contributed by atoms with Crippen molar-refractivity contribution in [2.24, 2.45) is 0 Å². The van der Waals surface area contributed by atoms with Crippen LogP contribution in [0, 0.1) is 0 Å². The second-order valence-corrected chi connectivity index (χ2v) is 8.44. The Morgan fingerprint density at radius 3 is 1.90 bits per heavy atom. The molecule has 0 saturated carbocycles. The number of carbonyl (C=O) groups is 1. The highest BCUT2D eigenvalue weighted by molar-refractivity contribution is 7.93. The van der Waals surface area contributed by atoms with E-state index in [1.807, 2.05) is 34.6 Å². The third-order valence-electron chi connectivity index (χ3n) is 4.68. The Labute approximate surface area is 129 Å². The zero-order valence-electron chi connectivity index (χ0n) is 13.9. The van der Waals surface area contributed by atoms with Crippen molar-refractivity contribution >= 4 is 15.7 Å². The zero-order chi connectivity index (χ0) is 16.3. The van der Waals surface area contributed by atoms with Gasteiger partial charge in [0.15, 0.2) is 9.84 Å². The van der Waals surface area contributed by atoms with Gasteiger partial charge in [0.2, 0.25) is 5.91 Å². The van der Waals surface area contributed by atoms with Crippen LogP contribution in [0.4, 0.5) is 0 Å². The minimum Gasteiger partial charge on any atom is -0.372 e. The molecule has 0 spiro atoms. The van der Waals surface area contributed by atoms with E-state index >= 15 is 0 Å². The lowest BCUT2D eigenvalue weighted by atomic mass is 9.99. The number of nitrogens with zero attached hydrogens (tertiary/aromatic N) is 1. The van der Waals surface area contributed by atoms with Gasteiger partial charge in [0, 0.05) is 13.1 Å². The van der Waals surface area contributed by atoms with Crippen LogP contribution in [-0.4, -0.2) is 55.0 Å². The highest BCUT2D eigenvalue weighted by atomic mass is 32.2. The van der Waals surface area contributed by atoms with E-state index in [9.17, 15) is 13.2 Å². The molecule has 124 valence electrons. The molecule has 2 atom stereocenters. The van der Waals surface area contributed by atoms with E-state index in [1.54, 1.807) is 4.90 Å². The Bertz CT molecular complexity index is 438. The molecule has 0 N–H and O–H groups in total. The third-order valence-corrected chi connectivity index (χ3v) is 7.49. The van der Waals surface area contributed by atoms with Gasteiger partial charge in [-0.25, -0.2) is 8.42 Å². The van der Waals surface area contributed by atoms with Crippen molar-refractivity contribution < 1.29 is 17.9 Å². The van der Waals surface area contributed by atoms with Gasteiger partial charge in [0.1, 0.15) is 5.75 Å². The third kappa shape index (κ3) is 3.97. The number of rotatable bonds is 6. The van der Waals surface area contributed by atoms with Gasteiger partial charge in [-0.15, -0.1) is 0 Å². The topological polar surface area (TPSA) is 63.7 Å². The molecule has 0 aromatic heterocycles. The predicted octanol–water partition coefficient (Wildman–Crippen LogP) is 2.01. The summed E-state index contributed by atoms with van der Waals surface area (Å²) in [6.45, 7) is 10.4. The van der Waals surface area contributed by atoms with Crippen LogP contribution < -0.4 is 0 Å². The summed E-state index contributed by atoms with van der Waals surface area (Å²) in [6.07, 6.45) is 1.55. The summed E-state index contributed by atoms with van der Waals surface area (Å²) in [4.78, 5) is 14.0. The first-order valence-corrected chi connectivity index (χ1v) is 9.52. The second-order valence-electron chi connectivity index (χ2n) is 6.06. The summed E-state index contributed by atoms with van der Waals surface area (Å²) in [5.74, 6) is -0.682. The van der Waals surface area contributed by atoms with Crippen LogP contribution in [0.2, 0.25) is 0 Å². The van der Waals surface area contributed by atoms with Gasteiger partial charge in [-0.2, -0.15) is 0 Å². The van der Waals surface area contributed by atoms with E-state index in [2.05, 4.69) is 0 Å². The van der Waals surface area contributed by atoms with Crippen LogP contribution in [0.5, 0.6) is 0 Å². The van der Waals surface area contributed by atoms with E-state index < -0.39 is 14.6 Å².